The van der Waals surface area contributed by atoms with E-state index in [-0.39, 0.29) is 18.3 Å². The van der Waals surface area contributed by atoms with Crippen LogP contribution in [0.1, 0.15) is 13.8 Å². The van der Waals surface area contributed by atoms with Crippen molar-refractivity contribution in [3.05, 3.63) is 0 Å². The van der Waals surface area contributed by atoms with Gasteiger partial charge in [-0.05, 0) is 0 Å². The zero-order chi connectivity index (χ0) is 10.7. The van der Waals surface area contributed by atoms with Crippen LogP contribution < -0.4 is 5.73 Å². The van der Waals surface area contributed by atoms with Gasteiger partial charge in [0.15, 0.2) is 0 Å². The number of nitrogens with two attached hydrogens (primary N) is 1. The van der Waals surface area contributed by atoms with Gasteiger partial charge in [0.05, 0.1) is 10.2 Å². The van der Waals surface area contributed by atoms with Crippen molar-refractivity contribution >= 4 is 22.6 Å². The Bertz CT molecular complexity index is 163. The van der Waals surface area contributed by atoms with Crippen LogP contribution in [0.25, 0.3) is 0 Å². The van der Waals surface area contributed by atoms with E-state index in [1.807, 2.05) is 13.8 Å². The van der Waals surface area contributed by atoms with Crippen LogP contribution >= 0.6 is 12.4 Å². The highest BCUT2D eigenvalue weighted by molar-refractivity contribution is 6.14. The Balaban J connectivity index is 0. The number of hydrogen-bond acceptors (Lipinski definition) is 4. The fourth-order valence-electron chi connectivity index (χ4n) is 1.68. The zero-order valence-corrected chi connectivity index (χ0v) is 12.6. The molecule has 14 heavy (non-hydrogen) atoms. The number of halogens is 1. The molecule has 6 heteroatoms. The maximum absolute atomic E-state index is 6.01. The number of methoxy groups -OCH3 is 3. The van der Waals surface area contributed by atoms with Crippen LogP contribution in [0.4, 0.5) is 0 Å². The van der Waals surface area contributed by atoms with Crippen LogP contribution in [0.2, 0.25) is 0 Å². The number of ether oxygens (including phenoxy) is 3. The van der Waals surface area contributed by atoms with Crippen LogP contribution in [-0.2, 0) is 14.2 Å². The molecule has 0 saturated carbocycles. The second-order valence-electron chi connectivity index (χ2n) is 3.54. The minimum absolute atomic E-state index is 0. The molecule has 0 heterocycles. The summed E-state index contributed by atoms with van der Waals surface area (Å²) in [5, 5.41) is -0.829. The molecule has 0 spiro atoms. The maximum atomic E-state index is 6.01. The third-order valence-electron chi connectivity index (χ3n) is 2.48. The average Bonchev–Trinajstić information content (AvgIpc) is 2.06. The smallest absolute Gasteiger partial charge is 0.208 e. The van der Waals surface area contributed by atoms with Gasteiger partial charge in [0.25, 0.3) is 0 Å². The molecule has 0 aliphatic heterocycles. The normalized spacial score (nSPS) is 16.5. The molecule has 0 aromatic heterocycles. The van der Waals surface area contributed by atoms with Gasteiger partial charge in [-0.15, -0.1) is 12.4 Å². The van der Waals surface area contributed by atoms with E-state index in [1.54, 1.807) is 21.3 Å². The van der Waals surface area contributed by atoms with Gasteiger partial charge in [-0.25, -0.2) is 0 Å². The molecule has 0 amide bonds. The van der Waals surface area contributed by atoms with Crippen molar-refractivity contribution in [2.45, 2.75) is 25.0 Å². The molecule has 4 nitrogen and oxygen atoms in total. The summed E-state index contributed by atoms with van der Waals surface area (Å²) >= 11 is 0. The van der Waals surface area contributed by atoms with Crippen molar-refractivity contribution in [3.63, 3.8) is 0 Å². The lowest BCUT2D eigenvalue weighted by atomic mass is 10.0. The van der Waals surface area contributed by atoms with Gasteiger partial charge >= 0.3 is 0 Å². The molecule has 0 saturated heterocycles. The highest BCUT2D eigenvalue weighted by Gasteiger charge is 2.49. The van der Waals surface area contributed by atoms with Gasteiger partial charge < -0.3 is 19.9 Å². The molecule has 0 radical (unpaired) electrons. The highest BCUT2D eigenvalue weighted by Crippen LogP contribution is 2.30. The third-order valence-corrected chi connectivity index (χ3v) is 3.59. The lowest BCUT2D eigenvalue weighted by Gasteiger charge is -2.45. The molecule has 88 valence electrons. The molecule has 0 fully saturated rings. The summed E-state index contributed by atoms with van der Waals surface area (Å²) in [7, 11) is 5.37. The standard InChI is InChI=1S/C8H21NO3Si.ClH/c1-6(2)7(10-3,11-4)8(9,13)12-5;/h6H,9H2,1-5,13H3;1H. The van der Waals surface area contributed by atoms with Gasteiger partial charge in [0, 0.05) is 27.2 Å². The molecule has 2 N–H and O–H groups in total. The van der Waals surface area contributed by atoms with E-state index in [2.05, 4.69) is 0 Å². The van der Waals surface area contributed by atoms with Crippen molar-refractivity contribution in [3.8, 4) is 0 Å². The van der Waals surface area contributed by atoms with Gasteiger partial charge in [0.2, 0.25) is 5.79 Å². The van der Waals surface area contributed by atoms with Crippen LogP contribution in [0.5, 0.6) is 0 Å². The Kier molecular flexibility index (Phi) is 7.24. The van der Waals surface area contributed by atoms with Crippen LogP contribution in [0, 0.1) is 5.92 Å². The fourth-order valence-corrected chi connectivity index (χ4v) is 2.66. The Morgan fingerprint density at radius 2 is 1.43 bits per heavy atom. The summed E-state index contributed by atoms with van der Waals surface area (Å²) in [6.45, 7) is 3.98. The van der Waals surface area contributed by atoms with E-state index in [4.69, 9.17) is 19.9 Å². The molecule has 1 atom stereocenters. The first kappa shape index (κ1) is 16.8. The van der Waals surface area contributed by atoms with Crippen molar-refractivity contribution in [1.82, 2.24) is 0 Å². The van der Waals surface area contributed by atoms with Crippen molar-refractivity contribution in [2.75, 3.05) is 21.3 Å². The summed E-state index contributed by atoms with van der Waals surface area (Å²) in [5.74, 6) is -0.724. The number of hydrogen-bond donors (Lipinski definition) is 1. The minimum atomic E-state index is -0.853. The molecular weight excluding hydrogens is 222 g/mol. The van der Waals surface area contributed by atoms with Crippen molar-refractivity contribution in [2.24, 2.45) is 11.7 Å². The zero-order valence-electron chi connectivity index (χ0n) is 9.79. The largest absolute Gasteiger partial charge is 0.363 e. The predicted octanol–water partition coefficient (Wildman–Crippen LogP) is -0.322. The molecule has 0 aliphatic carbocycles. The molecule has 1 unspecified atom stereocenters. The van der Waals surface area contributed by atoms with Crippen LogP contribution in [0.15, 0.2) is 0 Å². The van der Waals surface area contributed by atoms with E-state index >= 15 is 0 Å². The lowest BCUT2D eigenvalue weighted by Crippen LogP contribution is -2.67. The Hall–Kier alpha value is 0.347. The second kappa shape index (κ2) is 6.04. The minimum Gasteiger partial charge on any atom is -0.363 e. The lowest BCUT2D eigenvalue weighted by molar-refractivity contribution is -0.301. The van der Waals surface area contributed by atoms with Crippen LogP contribution in [0.3, 0.4) is 0 Å². The van der Waals surface area contributed by atoms with E-state index in [1.165, 1.54) is 0 Å². The van der Waals surface area contributed by atoms with E-state index in [0.29, 0.717) is 10.2 Å². The maximum Gasteiger partial charge on any atom is 0.208 e. The summed E-state index contributed by atoms with van der Waals surface area (Å²) < 4.78 is 16.0. The first-order valence-electron chi connectivity index (χ1n) is 4.32. The van der Waals surface area contributed by atoms with Crippen LogP contribution in [-0.4, -0.2) is 42.7 Å². The highest BCUT2D eigenvalue weighted by atomic mass is 35.5. The monoisotopic (exact) mass is 243 g/mol. The Labute approximate surface area is 95.3 Å². The first-order valence-corrected chi connectivity index (χ1v) is 5.32. The molecule has 0 bridgehead atoms. The van der Waals surface area contributed by atoms with Gasteiger partial charge in [-0.3, -0.25) is 0 Å². The topological polar surface area (TPSA) is 53.7 Å². The summed E-state index contributed by atoms with van der Waals surface area (Å²) in [6, 6.07) is 0. The quantitative estimate of drug-likeness (QED) is 0.531. The summed E-state index contributed by atoms with van der Waals surface area (Å²) in [6.07, 6.45) is 0. The fraction of sp³-hybridized carbons (Fsp3) is 1.00. The SMILES string of the molecule is COC(N)([SiH3])C(OC)(OC)C(C)C.Cl. The van der Waals surface area contributed by atoms with Gasteiger partial charge in [-0.1, -0.05) is 13.8 Å². The van der Waals surface area contributed by atoms with Crippen molar-refractivity contribution in [1.29, 1.82) is 0 Å². The Morgan fingerprint density at radius 3 is 1.50 bits per heavy atom. The molecule has 0 aromatic carbocycles. The van der Waals surface area contributed by atoms with E-state index in [0.717, 1.165) is 0 Å². The van der Waals surface area contributed by atoms with E-state index < -0.39 is 11.1 Å². The third kappa shape index (κ3) is 2.68. The molecule has 0 rings (SSSR count). The second-order valence-corrected chi connectivity index (χ2v) is 5.03. The van der Waals surface area contributed by atoms with E-state index in [9.17, 15) is 0 Å². The predicted molar refractivity (Wildman–Crippen MR) is 62.7 cm³/mol. The summed E-state index contributed by atoms with van der Waals surface area (Å²) in [5.41, 5.74) is 6.01. The molecule has 0 aromatic rings. The van der Waals surface area contributed by atoms with Gasteiger partial charge in [0.1, 0.15) is 5.35 Å². The van der Waals surface area contributed by atoms with Crippen molar-refractivity contribution < 1.29 is 14.2 Å². The van der Waals surface area contributed by atoms with Gasteiger partial charge in [-0.2, -0.15) is 0 Å². The Morgan fingerprint density at radius 1 is 1.07 bits per heavy atom. The summed E-state index contributed by atoms with van der Waals surface area (Å²) in [4.78, 5) is 0. The number of rotatable bonds is 5. The first-order chi connectivity index (χ1) is 5.88. The molecule has 0 aliphatic rings. The molecular formula is C8H22ClNO3Si. The average molecular weight is 244 g/mol.